The van der Waals surface area contributed by atoms with Crippen LogP contribution in [0, 0.1) is 12.3 Å². The highest BCUT2D eigenvalue weighted by Crippen LogP contribution is 2.55. The molecule has 0 radical (unpaired) electrons. The molecule has 1 saturated carbocycles. The summed E-state index contributed by atoms with van der Waals surface area (Å²) in [5.74, 6) is 0.566. The third-order valence-electron chi connectivity index (χ3n) is 9.52. The lowest BCUT2D eigenvalue weighted by atomic mass is 9.73. The lowest BCUT2D eigenvalue weighted by Crippen LogP contribution is -2.50. The van der Waals surface area contributed by atoms with Gasteiger partial charge >= 0.3 is 0 Å². The van der Waals surface area contributed by atoms with Crippen molar-refractivity contribution in [1.29, 1.82) is 0 Å². The predicted molar refractivity (Wildman–Crippen MR) is 161 cm³/mol. The standard InChI is InChI=1S/C31H37N7O2S/c1-19-22(10-7-15-32-19)31(11-12-31)25-23-26(36-35-25)33-28(34-27(23)39)38-16-13-30(14-17-38)18-20-8-5-6-9-21(20)24(30)37-41(40)29(2,3)4/h5-10,15,24,37H,11-14,16-18H2,1-4H3,(H2,33,34,35,36,39)/t24-,41?/m1/s1. The number of benzene rings is 1. The summed E-state index contributed by atoms with van der Waals surface area (Å²) in [6.45, 7) is 9.54. The fourth-order valence-corrected chi connectivity index (χ4v) is 8.02. The van der Waals surface area contributed by atoms with Crippen molar-refractivity contribution >= 4 is 28.3 Å². The number of aromatic amines is 2. The number of pyridine rings is 1. The molecule has 3 aliphatic rings. The van der Waals surface area contributed by atoms with E-state index < -0.39 is 11.4 Å². The molecular formula is C31H37N7O2S. The highest BCUT2D eigenvalue weighted by atomic mass is 32.2. The van der Waals surface area contributed by atoms with Crippen molar-refractivity contribution < 1.29 is 4.55 Å². The van der Waals surface area contributed by atoms with Crippen LogP contribution in [-0.4, -0.2) is 47.5 Å². The molecule has 1 unspecified atom stereocenters. The first kappa shape index (κ1) is 26.7. The van der Waals surface area contributed by atoms with E-state index in [9.17, 15) is 9.35 Å². The normalized spacial score (nSPS) is 21.8. The van der Waals surface area contributed by atoms with Gasteiger partial charge in [0.15, 0.2) is 5.65 Å². The Hall–Kier alpha value is -3.21. The van der Waals surface area contributed by atoms with E-state index in [4.69, 9.17) is 4.98 Å². The third kappa shape index (κ3) is 4.30. The predicted octanol–water partition coefficient (Wildman–Crippen LogP) is 4.37. The minimum Gasteiger partial charge on any atom is -0.598 e. The van der Waals surface area contributed by atoms with E-state index in [1.807, 2.05) is 33.8 Å². The Morgan fingerprint density at radius 1 is 1.10 bits per heavy atom. The molecule has 41 heavy (non-hydrogen) atoms. The van der Waals surface area contributed by atoms with Gasteiger partial charge in [-0.1, -0.05) is 30.3 Å². The Morgan fingerprint density at radius 2 is 1.85 bits per heavy atom. The van der Waals surface area contributed by atoms with Crippen molar-refractivity contribution in [3.63, 3.8) is 0 Å². The summed E-state index contributed by atoms with van der Waals surface area (Å²) >= 11 is -1.18. The van der Waals surface area contributed by atoms with E-state index in [1.54, 1.807) is 6.20 Å². The molecule has 3 N–H and O–H groups in total. The summed E-state index contributed by atoms with van der Waals surface area (Å²) in [6.07, 6.45) is 6.45. The molecule has 3 aromatic heterocycles. The van der Waals surface area contributed by atoms with Crippen LogP contribution < -0.4 is 15.2 Å². The van der Waals surface area contributed by atoms with Crippen molar-refractivity contribution in [3.05, 3.63) is 81.0 Å². The van der Waals surface area contributed by atoms with E-state index in [1.165, 1.54) is 11.1 Å². The third-order valence-corrected chi connectivity index (χ3v) is 11.1. The average Bonchev–Trinajstić information content (AvgIpc) is 3.53. The first-order valence-electron chi connectivity index (χ1n) is 14.5. The quantitative estimate of drug-likeness (QED) is 0.304. The van der Waals surface area contributed by atoms with Gasteiger partial charge in [0.25, 0.3) is 5.56 Å². The Balaban J connectivity index is 1.16. The molecule has 4 heterocycles. The Morgan fingerprint density at radius 3 is 2.56 bits per heavy atom. The summed E-state index contributed by atoms with van der Waals surface area (Å²) in [5, 5.41) is 8.24. The number of fused-ring (bicyclic) bond motifs is 2. The fourth-order valence-electron chi connectivity index (χ4n) is 7.08. The number of H-pyrrole nitrogens is 2. The number of rotatable bonds is 5. The summed E-state index contributed by atoms with van der Waals surface area (Å²) < 4.78 is 16.4. The smallest absolute Gasteiger partial charge is 0.263 e. The van der Waals surface area contributed by atoms with Crippen LogP contribution in [0.5, 0.6) is 0 Å². The summed E-state index contributed by atoms with van der Waals surface area (Å²) in [6, 6.07) is 12.6. The van der Waals surface area contributed by atoms with Crippen molar-refractivity contribution in [2.45, 2.75) is 76.0 Å². The minimum atomic E-state index is -1.18. The molecule has 0 bridgehead atoms. The second-order valence-corrected chi connectivity index (χ2v) is 15.1. The van der Waals surface area contributed by atoms with Gasteiger partial charge in [-0.15, -0.1) is 4.72 Å². The van der Waals surface area contributed by atoms with Crippen LogP contribution in [-0.2, 0) is 23.2 Å². The van der Waals surface area contributed by atoms with E-state index in [-0.39, 0.29) is 27.2 Å². The highest BCUT2D eigenvalue weighted by Gasteiger charge is 2.52. The SMILES string of the molecule is Cc1ncccc1C1(c2[nH]nc3nc(N4CCC5(CC4)Cc4ccccc4[C@H]5N[S+]([O-])C(C)(C)C)[nH]c(=O)c23)CC1. The first-order valence-corrected chi connectivity index (χ1v) is 15.7. The van der Waals surface area contributed by atoms with Crippen LogP contribution in [0.2, 0.25) is 0 Å². The first-order chi connectivity index (χ1) is 19.6. The fraction of sp³-hybridized carbons (Fsp3) is 0.484. The molecule has 9 nitrogen and oxygen atoms in total. The van der Waals surface area contributed by atoms with Crippen LogP contribution in [0.15, 0.2) is 47.4 Å². The monoisotopic (exact) mass is 571 g/mol. The number of hydrogen-bond donors (Lipinski definition) is 3. The number of nitrogens with zero attached hydrogens (tertiary/aromatic N) is 4. The van der Waals surface area contributed by atoms with Gasteiger partial charge in [0.2, 0.25) is 5.95 Å². The molecule has 1 aliphatic heterocycles. The summed E-state index contributed by atoms with van der Waals surface area (Å²) in [5.41, 5.74) is 5.56. The Kier molecular flexibility index (Phi) is 6.12. The Labute approximate surface area is 242 Å². The van der Waals surface area contributed by atoms with Crippen LogP contribution >= 0.6 is 0 Å². The van der Waals surface area contributed by atoms with E-state index in [0.717, 1.165) is 62.1 Å². The molecule has 1 aromatic carbocycles. The number of aryl methyl sites for hydroxylation is 1. The van der Waals surface area contributed by atoms with Gasteiger partial charge in [-0.3, -0.25) is 19.9 Å². The minimum absolute atomic E-state index is 0.0231. The van der Waals surface area contributed by atoms with Crippen LogP contribution in [0.3, 0.4) is 0 Å². The van der Waals surface area contributed by atoms with Gasteiger partial charge in [-0.25, -0.2) is 0 Å². The van der Waals surface area contributed by atoms with Crippen LogP contribution in [0.1, 0.15) is 80.6 Å². The number of hydrogen-bond acceptors (Lipinski definition) is 7. The molecule has 2 fully saturated rings. The van der Waals surface area contributed by atoms with E-state index in [2.05, 4.69) is 60.1 Å². The lowest BCUT2D eigenvalue weighted by molar-refractivity contribution is 0.175. The van der Waals surface area contributed by atoms with E-state index in [0.29, 0.717) is 17.0 Å². The van der Waals surface area contributed by atoms with Crippen molar-refractivity contribution in [3.8, 4) is 0 Å². The largest absolute Gasteiger partial charge is 0.598 e. The second-order valence-electron chi connectivity index (χ2n) is 13.1. The molecule has 2 atom stereocenters. The molecule has 7 rings (SSSR count). The zero-order valence-electron chi connectivity index (χ0n) is 24.1. The molecule has 0 amide bonds. The van der Waals surface area contributed by atoms with Crippen molar-refractivity contribution in [1.82, 2.24) is 29.9 Å². The molecule has 2 aliphatic carbocycles. The second kappa shape index (κ2) is 9.40. The van der Waals surface area contributed by atoms with Gasteiger partial charge in [0, 0.05) is 47.2 Å². The number of anilines is 1. The maximum absolute atomic E-state index is 13.5. The topological polar surface area (TPSA) is 126 Å². The summed E-state index contributed by atoms with van der Waals surface area (Å²) in [7, 11) is 0. The van der Waals surface area contributed by atoms with Gasteiger partial charge in [-0.2, -0.15) is 10.1 Å². The molecule has 1 saturated heterocycles. The van der Waals surface area contributed by atoms with Gasteiger partial charge in [0.1, 0.15) is 10.1 Å². The van der Waals surface area contributed by atoms with Gasteiger partial charge in [-0.05, 0) is 82.6 Å². The maximum atomic E-state index is 13.5. The molecular weight excluding hydrogens is 534 g/mol. The highest BCUT2D eigenvalue weighted by molar-refractivity contribution is 7.90. The molecule has 10 heteroatoms. The van der Waals surface area contributed by atoms with E-state index >= 15 is 0 Å². The van der Waals surface area contributed by atoms with Gasteiger partial charge in [0.05, 0.1) is 11.7 Å². The van der Waals surface area contributed by atoms with Crippen LogP contribution in [0.4, 0.5) is 5.95 Å². The number of aromatic nitrogens is 5. The average molecular weight is 572 g/mol. The van der Waals surface area contributed by atoms with Gasteiger partial charge < -0.3 is 9.45 Å². The zero-order valence-corrected chi connectivity index (χ0v) is 24.9. The molecule has 1 spiro atoms. The van der Waals surface area contributed by atoms with Crippen molar-refractivity contribution in [2.75, 3.05) is 18.0 Å². The van der Waals surface area contributed by atoms with Crippen molar-refractivity contribution in [2.24, 2.45) is 5.41 Å². The molecule has 4 aromatic rings. The maximum Gasteiger partial charge on any atom is 0.263 e. The zero-order chi connectivity index (χ0) is 28.6. The number of nitrogens with one attached hydrogen (secondary N) is 3. The summed E-state index contributed by atoms with van der Waals surface area (Å²) in [4.78, 5) is 28.1. The van der Waals surface area contributed by atoms with Crippen LogP contribution in [0.25, 0.3) is 11.0 Å². The molecule has 214 valence electrons. The lowest BCUT2D eigenvalue weighted by Gasteiger charge is -2.44. The number of piperidine rings is 1. The Bertz CT molecular complexity index is 1680.